The van der Waals surface area contributed by atoms with Crippen molar-refractivity contribution in [1.82, 2.24) is 4.90 Å². The van der Waals surface area contributed by atoms with Gasteiger partial charge in [0.25, 0.3) is 5.91 Å². The third kappa shape index (κ3) is 5.04. The second-order valence-electron chi connectivity index (χ2n) is 13.1. The Kier molecular flexibility index (Phi) is 9.21. The number of amides is 3. The average molecular weight is 630 g/mol. The molecule has 2 bridgehead atoms. The highest BCUT2D eigenvalue weighted by molar-refractivity contribution is 6.07. The van der Waals surface area contributed by atoms with Gasteiger partial charge in [0.1, 0.15) is 17.4 Å². The average Bonchev–Trinajstić information content (AvgIpc) is 3.55. The highest BCUT2D eigenvalue weighted by atomic mass is 16.5. The van der Waals surface area contributed by atoms with E-state index in [0.717, 1.165) is 16.8 Å². The number of anilines is 2. The summed E-state index contributed by atoms with van der Waals surface area (Å²) in [5.74, 6) is -2.15. The van der Waals surface area contributed by atoms with E-state index in [-0.39, 0.29) is 43.3 Å². The number of carbonyl (C=O) groups excluding carboxylic acids is 3. The molecular formula is C37H47N3O6. The molecule has 3 aliphatic heterocycles. The molecule has 7 atom stereocenters. The van der Waals surface area contributed by atoms with E-state index in [1.807, 2.05) is 77.1 Å². The van der Waals surface area contributed by atoms with Crippen molar-refractivity contribution in [3.63, 3.8) is 0 Å². The van der Waals surface area contributed by atoms with Crippen LogP contribution in [-0.4, -0.2) is 77.3 Å². The van der Waals surface area contributed by atoms with E-state index in [1.54, 1.807) is 28.9 Å². The van der Waals surface area contributed by atoms with Gasteiger partial charge < -0.3 is 29.3 Å². The lowest BCUT2D eigenvalue weighted by atomic mass is 9.62. The fourth-order valence-electron chi connectivity index (χ4n) is 8.20. The fourth-order valence-corrected chi connectivity index (χ4v) is 8.20. The molecule has 2 aromatic carbocycles. The first kappa shape index (κ1) is 33.4. The zero-order valence-electron chi connectivity index (χ0n) is 27.9. The van der Waals surface area contributed by atoms with Gasteiger partial charge in [-0.25, -0.2) is 0 Å². The summed E-state index contributed by atoms with van der Waals surface area (Å²) in [6.07, 6.45) is 3.75. The lowest BCUT2D eigenvalue weighted by molar-refractivity contribution is -0.148. The lowest BCUT2D eigenvalue weighted by Crippen LogP contribution is -2.59. The molecule has 0 saturated carbocycles. The number of aliphatic hydroxyl groups excluding tert-OH is 1. The minimum Gasteiger partial charge on any atom is -0.494 e. The van der Waals surface area contributed by atoms with Gasteiger partial charge in [0.15, 0.2) is 0 Å². The first-order chi connectivity index (χ1) is 21.9. The van der Waals surface area contributed by atoms with E-state index >= 15 is 0 Å². The van der Waals surface area contributed by atoms with Crippen molar-refractivity contribution < 1.29 is 29.0 Å². The van der Waals surface area contributed by atoms with Gasteiger partial charge in [-0.05, 0) is 82.3 Å². The molecule has 9 nitrogen and oxygen atoms in total. The Morgan fingerprint density at radius 2 is 1.70 bits per heavy atom. The van der Waals surface area contributed by atoms with Crippen LogP contribution in [0.5, 0.6) is 5.75 Å². The number of para-hydroxylation sites is 1. The number of nitrogens with zero attached hydrogens (tertiary/aromatic N) is 3. The number of aryl methyl sites for hydroxylation is 2. The molecule has 0 radical (unpaired) electrons. The van der Waals surface area contributed by atoms with E-state index in [9.17, 15) is 19.5 Å². The SMILES string of the molecule is C=CCN(C(=O)[C@@H]1[C@H]2C(=O)N([C@H](C)CO)C(C(=O)N(CC=C)c3c(C)cccc3C)C23CC(C)[C@@]1(C)O3)c1ccc(OCC)cc1. The predicted octanol–water partition coefficient (Wildman–Crippen LogP) is 4.83. The number of benzene rings is 2. The Labute approximate surface area is 272 Å². The van der Waals surface area contributed by atoms with E-state index in [0.29, 0.717) is 24.5 Å². The van der Waals surface area contributed by atoms with Crippen molar-refractivity contribution in [2.75, 3.05) is 36.1 Å². The van der Waals surface area contributed by atoms with Crippen LogP contribution in [0, 0.1) is 31.6 Å². The maximum Gasteiger partial charge on any atom is 0.253 e. The van der Waals surface area contributed by atoms with Crippen molar-refractivity contribution in [1.29, 1.82) is 0 Å². The molecule has 1 spiro atoms. The van der Waals surface area contributed by atoms with Gasteiger partial charge in [-0.2, -0.15) is 0 Å². The van der Waals surface area contributed by atoms with Crippen molar-refractivity contribution in [3.8, 4) is 5.75 Å². The van der Waals surface area contributed by atoms with Crippen LogP contribution in [0.4, 0.5) is 11.4 Å². The summed E-state index contributed by atoms with van der Waals surface area (Å²) in [6.45, 7) is 19.9. The van der Waals surface area contributed by atoms with Gasteiger partial charge in [0.2, 0.25) is 11.8 Å². The Hall–Kier alpha value is -3.95. The second kappa shape index (κ2) is 12.7. The summed E-state index contributed by atoms with van der Waals surface area (Å²) in [4.78, 5) is 49.2. The number of ether oxygens (including phenoxy) is 2. The summed E-state index contributed by atoms with van der Waals surface area (Å²) in [5, 5.41) is 10.4. The fraction of sp³-hybridized carbons (Fsp3) is 0.486. The van der Waals surface area contributed by atoms with E-state index in [2.05, 4.69) is 13.2 Å². The van der Waals surface area contributed by atoms with Gasteiger partial charge in [0.05, 0.1) is 36.7 Å². The molecule has 46 heavy (non-hydrogen) atoms. The van der Waals surface area contributed by atoms with Crippen LogP contribution in [0.25, 0.3) is 0 Å². The summed E-state index contributed by atoms with van der Waals surface area (Å²) in [6, 6.07) is 11.4. The van der Waals surface area contributed by atoms with Crippen LogP contribution in [0.2, 0.25) is 0 Å². The smallest absolute Gasteiger partial charge is 0.253 e. The number of rotatable bonds is 12. The first-order valence-electron chi connectivity index (χ1n) is 16.2. The van der Waals surface area contributed by atoms with Crippen LogP contribution >= 0.6 is 0 Å². The third-order valence-electron chi connectivity index (χ3n) is 10.3. The molecule has 3 aliphatic rings. The Morgan fingerprint density at radius 1 is 1.09 bits per heavy atom. The quantitative estimate of drug-likeness (QED) is 0.338. The Bertz CT molecular complexity index is 1500. The molecular weight excluding hydrogens is 582 g/mol. The highest BCUT2D eigenvalue weighted by Gasteiger charge is 2.80. The van der Waals surface area contributed by atoms with Crippen LogP contribution in [0.15, 0.2) is 67.8 Å². The summed E-state index contributed by atoms with van der Waals surface area (Å²) >= 11 is 0. The van der Waals surface area contributed by atoms with Crippen molar-refractivity contribution >= 4 is 29.1 Å². The monoisotopic (exact) mass is 629 g/mol. The van der Waals surface area contributed by atoms with Gasteiger partial charge in [-0.3, -0.25) is 14.4 Å². The molecule has 0 aromatic heterocycles. The largest absolute Gasteiger partial charge is 0.494 e. The molecule has 3 saturated heterocycles. The zero-order valence-corrected chi connectivity index (χ0v) is 27.9. The van der Waals surface area contributed by atoms with Crippen molar-refractivity contribution in [3.05, 3.63) is 78.9 Å². The lowest BCUT2D eigenvalue weighted by Gasteiger charge is -2.39. The normalized spacial score (nSPS) is 28.5. The number of hydrogen-bond acceptors (Lipinski definition) is 6. The number of carbonyl (C=O) groups is 3. The summed E-state index contributed by atoms with van der Waals surface area (Å²) in [7, 11) is 0. The molecule has 246 valence electrons. The van der Waals surface area contributed by atoms with Gasteiger partial charge in [-0.1, -0.05) is 37.3 Å². The molecule has 3 heterocycles. The van der Waals surface area contributed by atoms with E-state index in [4.69, 9.17) is 9.47 Å². The molecule has 9 heteroatoms. The minimum atomic E-state index is -1.26. The number of likely N-dealkylation sites (tertiary alicyclic amines) is 1. The third-order valence-corrected chi connectivity index (χ3v) is 10.3. The van der Waals surface area contributed by atoms with E-state index < -0.39 is 35.1 Å². The molecule has 3 fully saturated rings. The van der Waals surface area contributed by atoms with Gasteiger partial charge >= 0.3 is 0 Å². The van der Waals surface area contributed by atoms with Crippen molar-refractivity contribution in [2.24, 2.45) is 17.8 Å². The summed E-state index contributed by atoms with van der Waals surface area (Å²) in [5.41, 5.74) is 0.958. The van der Waals surface area contributed by atoms with Gasteiger partial charge in [0, 0.05) is 24.5 Å². The van der Waals surface area contributed by atoms with Crippen LogP contribution < -0.4 is 14.5 Å². The highest BCUT2D eigenvalue weighted by Crippen LogP contribution is 2.66. The number of hydrogen-bond donors (Lipinski definition) is 1. The minimum absolute atomic E-state index is 0.135. The maximum atomic E-state index is 15.0. The van der Waals surface area contributed by atoms with Crippen LogP contribution in [-0.2, 0) is 19.1 Å². The molecule has 2 aromatic rings. The van der Waals surface area contributed by atoms with E-state index in [1.165, 1.54) is 4.90 Å². The van der Waals surface area contributed by atoms with Crippen LogP contribution in [0.3, 0.4) is 0 Å². The number of fused-ring (bicyclic) bond motifs is 1. The summed E-state index contributed by atoms with van der Waals surface area (Å²) < 4.78 is 12.6. The van der Waals surface area contributed by atoms with Crippen molar-refractivity contribution in [2.45, 2.75) is 71.2 Å². The molecule has 5 rings (SSSR count). The standard InChI is InChI=1S/C37H47N3O6/c1-9-19-38(27-15-17-28(18-16-27)45-11-3)33(42)29-30-34(43)40(26(7)22-41)32(37(30)21-25(6)36(29,8)46-37)35(44)39(20-10-2)31-23(4)13-12-14-24(31)5/h9-10,12-18,25-26,29-30,32,41H,1-2,11,19-22H2,3-8H3/t25?,26-,29+,30+,32?,36-,37?/m1/s1. The van der Waals surface area contributed by atoms with Gasteiger partial charge in [-0.15, -0.1) is 13.2 Å². The Morgan fingerprint density at radius 3 is 2.26 bits per heavy atom. The molecule has 1 N–H and O–H groups in total. The van der Waals surface area contributed by atoms with Crippen LogP contribution in [0.1, 0.15) is 45.2 Å². The topological polar surface area (TPSA) is 99.6 Å². The molecule has 0 aliphatic carbocycles. The number of aliphatic hydroxyl groups is 1. The maximum absolute atomic E-state index is 15.0. The first-order valence-corrected chi connectivity index (χ1v) is 16.2. The Balaban J connectivity index is 1.63. The molecule has 3 amide bonds. The molecule has 3 unspecified atom stereocenters. The second-order valence-corrected chi connectivity index (χ2v) is 13.1. The zero-order chi connectivity index (χ0) is 33.6. The predicted molar refractivity (Wildman–Crippen MR) is 179 cm³/mol.